The van der Waals surface area contributed by atoms with Gasteiger partial charge >= 0.3 is 0 Å². The smallest absolute Gasteiger partial charge is 0.0714 e. The molecule has 0 bridgehead atoms. The number of thiophene rings is 1. The van der Waals surface area contributed by atoms with Gasteiger partial charge in [0.2, 0.25) is 0 Å². The minimum atomic E-state index is -0.230. The number of fused-ring (bicyclic) bond motifs is 6. The maximum Gasteiger partial charge on any atom is 0.0714 e. The molecule has 0 saturated carbocycles. The Morgan fingerprint density at radius 2 is 0.885 bits per heavy atom. The van der Waals surface area contributed by atoms with E-state index in [2.05, 4.69) is 332 Å². The quantitative estimate of drug-likeness (QED) is 0.119. The van der Waals surface area contributed by atoms with E-state index in [-0.39, 0.29) is 10.8 Å². The molecule has 15 aromatic rings. The van der Waals surface area contributed by atoms with E-state index in [1.807, 2.05) is 23.1 Å². The fourth-order valence-electron chi connectivity index (χ4n) is 14.2. The molecule has 0 saturated heterocycles. The molecule has 0 fully saturated rings. The summed E-state index contributed by atoms with van der Waals surface area (Å²) >= 11 is 3.86. The summed E-state index contributed by atoms with van der Waals surface area (Å²) in [4.78, 5) is 6.43. The predicted molar refractivity (Wildman–Crippen MR) is 375 cm³/mol. The molecule has 17 rings (SSSR count). The van der Waals surface area contributed by atoms with E-state index in [1.165, 1.54) is 130 Å². The fraction of sp³-hybridized carbons (Fsp3) is 0.0361. The Hall–Kier alpha value is -10.2. The van der Waals surface area contributed by atoms with Crippen LogP contribution >= 0.6 is 23.1 Å². The number of hydrogen-bond donors (Lipinski definition) is 0. The Bertz CT molecular complexity index is 5200. The number of para-hydroxylation sites is 1. The normalized spacial score (nSPS) is 15.3. The summed E-state index contributed by atoms with van der Waals surface area (Å²) in [6.07, 6.45) is 7.03. The van der Waals surface area contributed by atoms with Gasteiger partial charge in [0.25, 0.3) is 0 Å². The number of hydrogen-bond acceptors (Lipinski definition) is 4. The zero-order valence-electron chi connectivity index (χ0n) is 47.8. The summed E-state index contributed by atoms with van der Waals surface area (Å²) in [7, 11) is 0. The first-order valence-corrected chi connectivity index (χ1v) is 31.6. The molecular weight excluding hydrogens is 1090 g/mol. The highest BCUT2D eigenvalue weighted by Crippen LogP contribution is 2.59. The molecular formula is C83H56N2S2. The van der Waals surface area contributed by atoms with Gasteiger partial charge in [-0.05, 0) is 156 Å². The van der Waals surface area contributed by atoms with Gasteiger partial charge in [0.05, 0.1) is 26.9 Å². The van der Waals surface area contributed by atoms with E-state index in [1.54, 1.807) is 0 Å². The molecule has 0 N–H and O–H groups in total. The monoisotopic (exact) mass is 1140 g/mol. The van der Waals surface area contributed by atoms with Crippen molar-refractivity contribution in [2.75, 3.05) is 9.80 Å². The average molecular weight is 1150 g/mol. The van der Waals surface area contributed by atoms with Crippen LogP contribution in [-0.2, 0) is 0 Å². The summed E-state index contributed by atoms with van der Waals surface area (Å²) in [6, 6.07) is 110. The Labute approximate surface area is 515 Å². The van der Waals surface area contributed by atoms with Crippen molar-refractivity contribution in [3.8, 4) is 55.6 Å². The second kappa shape index (κ2) is 20.8. The van der Waals surface area contributed by atoms with E-state index in [0.717, 1.165) is 22.7 Å². The van der Waals surface area contributed by atoms with Gasteiger partial charge in [-0.25, -0.2) is 0 Å². The van der Waals surface area contributed by atoms with Gasteiger partial charge in [0, 0.05) is 48.6 Å². The van der Waals surface area contributed by atoms with Crippen molar-refractivity contribution in [1.29, 1.82) is 0 Å². The lowest BCUT2D eigenvalue weighted by Gasteiger charge is -2.44. The van der Waals surface area contributed by atoms with Crippen molar-refractivity contribution < 1.29 is 0 Å². The highest BCUT2D eigenvalue weighted by molar-refractivity contribution is 8.01. The Morgan fingerprint density at radius 1 is 0.356 bits per heavy atom. The molecule has 0 radical (unpaired) electrons. The number of thioether (sulfide) groups is 1. The second-order valence-corrected chi connectivity index (χ2v) is 25.7. The predicted octanol–water partition coefficient (Wildman–Crippen LogP) is 23.8. The second-order valence-electron chi connectivity index (χ2n) is 23.2. The Kier molecular flexibility index (Phi) is 12.2. The van der Waals surface area contributed by atoms with Gasteiger partial charge in [-0.3, -0.25) is 0 Å². The van der Waals surface area contributed by atoms with Gasteiger partial charge in [0.15, 0.2) is 0 Å². The fourth-order valence-corrected chi connectivity index (χ4v) is 16.9. The van der Waals surface area contributed by atoms with Crippen molar-refractivity contribution in [2.45, 2.75) is 22.6 Å². The van der Waals surface area contributed by atoms with E-state index in [0.29, 0.717) is 0 Å². The van der Waals surface area contributed by atoms with E-state index < -0.39 is 0 Å². The molecule has 0 spiro atoms. The molecule has 2 heterocycles. The summed E-state index contributed by atoms with van der Waals surface area (Å²) in [5.74, 6) is 0. The van der Waals surface area contributed by atoms with Crippen LogP contribution in [0, 0.1) is 0 Å². The number of benzene rings is 14. The lowest BCUT2D eigenvalue weighted by atomic mass is 9.82. The lowest BCUT2D eigenvalue weighted by Crippen LogP contribution is -2.46. The molecule has 1 aliphatic carbocycles. The molecule has 410 valence electrons. The van der Waals surface area contributed by atoms with E-state index in [9.17, 15) is 0 Å². The lowest BCUT2D eigenvalue weighted by molar-refractivity contribution is 0.676. The van der Waals surface area contributed by atoms with Crippen LogP contribution in [-0.4, -0.2) is 10.8 Å². The minimum absolute atomic E-state index is 0.0247. The summed E-state index contributed by atoms with van der Waals surface area (Å²) in [5, 5.41) is 10.2. The molecule has 4 heteroatoms. The Morgan fingerprint density at radius 3 is 1.57 bits per heavy atom. The molecule has 1 aromatic heterocycles. The topological polar surface area (TPSA) is 6.48 Å². The highest BCUT2D eigenvalue weighted by atomic mass is 32.2. The van der Waals surface area contributed by atoms with Gasteiger partial charge in [0.1, 0.15) is 0 Å². The van der Waals surface area contributed by atoms with E-state index in [4.69, 9.17) is 0 Å². The molecule has 87 heavy (non-hydrogen) atoms. The Balaban J connectivity index is 0.769. The zero-order chi connectivity index (χ0) is 57.6. The van der Waals surface area contributed by atoms with Crippen LogP contribution in [0.4, 0.5) is 28.4 Å². The first kappa shape index (κ1) is 51.2. The standard InChI is InChI=1S/C83H56N2S2/c1-83-73(71-27-13-16-33-78(71)87-83)29-18-34-79(83)85(74-30-14-11-25-66(74)55-21-7-3-8-22-55)63-46-37-58(38-47-63)65-49-40-60-41-50-68-64(48-39-59-42-51-69(65)81(60)80(59)68)57-35-44-62(45-36-57)84(76-31-17-28-70-67-26-12-15-32-77(67)86-82(70)76)75-52-43-61(54-19-5-2-6-20-54)53-72(75)56-23-9-4-10-24-56/h2-53,79H,1H3. The van der Waals surface area contributed by atoms with Crippen LogP contribution in [0.2, 0.25) is 0 Å². The molecule has 2 nitrogen and oxygen atoms in total. The van der Waals surface area contributed by atoms with Gasteiger partial charge in [-0.1, -0.05) is 255 Å². The maximum absolute atomic E-state index is 2.60. The zero-order valence-corrected chi connectivity index (χ0v) is 49.4. The molecule has 2 atom stereocenters. The van der Waals surface area contributed by atoms with Crippen molar-refractivity contribution in [2.24, 2.45) is 0 Å². The minimum Gasteiger partial charge on any atom is -0.332 e. The van der Waals surface area contributed by atoms with E-state index >= 15 is 0 Å². The largest absolute Gasteiger partial charge is 0.332 e. The van der Waals surface area contributed by atoms with Gasteiger partial charge in [-0.15, -0.1) is 23.1 Å². The van der Waals surface area contributed by atoms with Crippen LogP contribution in [0.5, 0.6) is 0 Å². The molecule has 14 aromatic carbocycles. The van der Waals surface area contributed by atoms with Crippen molar-refractivity contribution in [3.63, 3.8) is 0 Å². The van der Waals surface area contributed by atoms with Crippen molar-refractivity contribution >= 4 is 110 Å². The summed E-state index contributed by atoms with van der Waals surface area (Å²) in [5.41, 5.74) is 20.4. The first-order valence-electron chi connectivity index (χ1n) is 30.0. The van der Waals surface area contributed by atoms with Gasteiger partial charge < -0.3 is 9.80 Å². The number of anilines is 5. The molecule has 1 aliphatic heterocycles. The van der Waals surface area contributed by atoms with Crippen LogP contribution in [0.25, 0.3) is 114 Å². The third-order valence-electron chi connectivity index (χ3n) is 18.3. The maximum atomic E-state index is 2.60. The molecule has 2 unspecified atom stereocenters. The summed E-state index contributed by atoms with van der Waals surface area (Å²) in [6.45, 7) is 2.44. The van der Waals surface area contributed by atoms with Crippen molar-refractivity contribution in [1.82, 2.24) is 0 Å². The first-order chi connectivity index (χ1) is 43.0. The van der Waals surface area contributed by atoms with Crippen LogP contribution in [0.1, 0.15) is 12.5 Å². The van der Waals surface area contributed by atoms with Crippen molar-refractivity contribution in [3.05, 3.63) is 321 Å². The van der Waals surface area contributed by atoms with Crippen LogP contribution in [0.15, 0.2) is 320 Å². The average Bonchev–Trinajstić information content (AvgIpc) is 2.21. The van der Waals surface area contributed by atoms with Crippen LogP contribution in [0.3, 0.4) is 0 Å². The molecule has 0 amide bonds. The van der Waals surface area contributed by atoms with Crippen LogP contribution < -0.4 is 9.80 Å². The van der Waals surface area contributed by atoms with Gasteiger partial charge in [-0.2, -0.15) is 0 Å². The SMILES string of the molecule is CC12Sc3ccccc3C1=CC=CC2N(c1ccc(-c2ccc3ccc4c(-c5ccc(N(c6ccc(-c7ccccc7)cc6-c6ccccc6)c6cccc7c6sc6ccccc67)cc5)ccc5ccc2c3c54)cc1)c1ccccc1-c1ccccc1. The molecule has 2 aliphatic rings. The number of rotatable bonds is 11. The highest BCUT2D eigenvalue weighted by Gasteiger charge is 2.48. The third-order valence-corrected chi connectivity index (χ3v) is 21.0. The third kappa shape index (κ3) is 8.46. The summed E-state index contributed by atoms with van der Waals surface area (Å²) < 4.78 is 2.32. The number of nitrogens with zero attached hydrogens (tertiary/aromatic N) is 2. The number of allylic oxidation sites excluding steroid dienone is 2.